The van der Waals surface area contributed by atoms with E-state index in [-0.39, 0.29) is 13.0 Å². The lowest BCUT2D eigenvalue weighted by Gasteiger charge is -2.10. The number of rotatable bonds is 5. The standard InChI is InChI=1S/C11H12F2O2/c1-11(12,13)6-7-15-10-4-2-9(8-14)3-5-10/h2-5,8H,6-7H2,1H3. The summed E-state index contributed by atoms with van der Waals surface area (Å²) in [5.74, 6) is -2.22. The van der Waals surface area contributed by atoms with Gasteiger partial charge in [0, 0.05) is 12.0 Å². The van der Waals surface area contributed by atoms with Gasteiger partial charge in [-0.2, -0.15) is 0 Å². The van der Waals surface area contributed by atoms with Crippen molar-refractivity contribution in [3.8, 4) is 5.75 Å². The zero-order valence-corrected chi connectivity index (χ0v) is 8.37. The zero-order valence-electron chi connectivity index (χ0n) is 8.37. The van der Waals surface area contributed by atoms with Gasteiger partial charge in [-0.1, -0.05) is 0 Å². The molecule has 1 rings (SSSR count). The average Bonchev–Trinajstić information content (AvgIpc) is 2.17. The summed E-state index contributed by atoms with van der Waals surface area (Å²) < 4.78 is 29.9. The van der Waals surface area contributed by atoms with Gasteiger partial charge >= 0.3 is 0 Å². The number of carbonyl (C=O) groups excluding carboxylic acids is 1. The first-order valence-electron chi connectivity index (χ1n) is 4.57. The van der Waals surface area contributed by atoms with Crippen LogP contribution in [0.15, 0.2) is 24.3 Å². The van der Waals surface area contributed by atoms with Gasteiger partial charge in [0.05, 0.1) is 6.61 Å². The molecule has 1 aromatic rings. The van der Waals surface area contributed by atoms with Crippen molar-refractivity contribution in [3.63, 3.8) is 0 Å². The van der Waals surface area contributed by atoms with Crippen LogP contribution >= 0.6 is 0 Å². The summed E-state index contributed by atoms with van der Waals surface area (Å²) in [6.45, 7) is 0.815. The molecule has 2 nitrogen and oxygen atoms in total. The van der Waals surface area contributed by atoms with Crippen LogP contribution in [0.2, 0.25) is 0 Å². The van der Waals surface area contributed by atoms with E-state index in [9.17, 15) is 13.6 Å². The van der Waals surface area contributed by atoms with E-state index in [4.69, 9.17) is 4.74 Å². The normalized spacial score (nSPS) is 11.1. The number of halogens is 2. The smallest absolute Gasteiger partial charge is 0.248 e. The SMILES string of the molecule is CC(F)(F)CCOc1ccc(C=O)cc1. The van der Waals surface area contributed by atoms with Gasteiger partial charge in [-0.05, 0) is 31.2 Å². The molecular formula is C11H12F2O2. The maximum absolute atomic E-state index is 12.4. The summed E-state index contributed by atoms with van der Waals surface area (Å²) in [6.07, 6.45) is 0.395. The predicted molar refractivity (Wildman–Crippen MR) is 52.6 cm³/mol. The summed E-state index contributed by atoms with van der Waals surface area (Å²) >= 11 is 0. The predicted octanol–water partition coefficient (Wildman–Crippen LogP) is 2.92. The number of hydrogen-bond acceptors (Lipinski definition) is 2. The van der Waals surface area contributed by atoms with Crippen LogP contribution in [0.5, 0.6) is 5.75 Å². The molecule has 0 N–H and O–H groups in total. The van der Waals surface area contributed by atoms with E-state index < -0.39 is 5.92 Å². The van der Waals surface area contributed by atoms with Gasteiger partial charge in [0.2, 0.25) is 5.92 Å². The Balaban J connectivity index is 2.41. The first-order chi connectivity index (χ1) is 7.01. The van der Waals surface area contributed by atoms with Gasteiger partial charge in [0.15, 0.2) is 0 Å². The van der Waals surface area contributed by atoms with E-state index in [0.29, 0.717) is 17.6 Å². The molecule has 0 saturated carbocycles. The second-order valence-corrected chi connectivity index (χ2v) is 3.36. The topological polar surface area (TPSA) is 26.3 Å². The van der Waals surface area contributed by atoms with Crippen LogP contribution in [0.4, 0.5) is 8.78 Å². The van der Waals surface area contributed by atoms with Crippen LogP contribution in [0.25, 0.3) is 0 Å². The Morgan fingerprint density at radius 2 is 1.93 bits per heavy atom. The molecule has 0 heterocycles. The van der Waals surface area contributed by atoms with Crippen molar-refractivity contribution in [2.75, 3.05) is 6.61 Å². The molecule has 1 aromatic carbocycles. The third-order valence-electron chi connectivity index (χ3n) is 1.83. The highest BCUT2D eigenvalue weighted by atomic mass is 19.3. The molecule has 82 valence electrons. The van der Waals surface area contributed by atoms with Gasteiger partial charge in [-0.3, -0.25) is 4.79 Å². The quantitative estimate of drug-likeness (QED) is 0.704. The Morgan fingerprint density at radius 1 is 1.33 bits per heavy atom. The number of hydrogen-bond donors (Lipinski definition) is 0. The van der Waals surface area contributed by atoms with Crippen molar-refractivity contribution in [3.05, 3.63) is 29.8 Å². The van der Waals surface area contributed by atoms with Crippen molar-refractivity contribution in [1.82, 2.24) is 0 Å². The van der Waals surface area contributed by atoms with Crippen LogP contribution in [0, 0.1) is 0 Å². The fraction of sp³-hybridized carbons (Fsp3) is 0.364. The molecule has 0 aliphatic carbocycles. The second-order valence-electron chi connectivity index (χ2n) is 3.36. The van der Waals surface area contributed by atoms with E-state index in [0.717, 1.165) is 6.92 Å². The summed E-state index contributed by atoms with van der Waals surface area (Å²) in [4.78, 5) is 10.3. The third kappa shape index (κ3) is 4.54. The summed E-state index contributed by atoms with van der Waals surface area (Å²) in [5, 5.41) is 0. The van der Waals surface area contributed by atoms with Crippen LogP contribution < -0.4 is 4.74 Å². The zero-order chi connectivity index (χ0) is 11.3. The minimum absolute atomic E-state index is 0.0378. The fourth-order valence-electron chi connectivity index (χ4n) is 0.991. The van der Waals surface area contributed by atoms with Crippen molar-refractivity contribution in [1.29, 1.82) is 0 Å². The van der Waals surface area contributed by atoms with Crippen molar-refractivity contribution < 1.29 is 18.3 Å². The first-order valence-corrected chi connectivity index (χ1v) is 4.57. The molecular weight excluding hydrogens is 202 g/mol. The molecule has 0 atom stereocenters. The minimum Gasteiger partial charge on any atom is -0.493 e. The Bertz CT molecular complexity index is 314. The van der Waals surface area contributed by atoms with Crippen LogP contribution in [-0.4, -0.2) is 18.8 Å². The van der Waals surface area contributed by atoms with E-state index >= 15 is 0 Å². The Kier molecular flexibility index (Phi) is 3.77. The first kappa shape index (κ1) is 11.6. The van der Waals surface area contributed by atoms with Crippen LogP contribution in [-0.2, 0) is 0 Å². The lowest BCUT2D eigenvalue weighted by Crippen LogP contribution is -2.14. The molecule has 0 amide bonds. The third-order valence-corrected chi connectivity index (χ3v) is 1.83. The summed E-state index contributed by atoms with van der Waals surface area (Å²) in [7, 11) is 0. The maximum Gasteiger partial charge on any atom is 0.248 e. The van der Waals surface area contributed by atoms with Crippen LogP contribution in [0.1, 0.15) is 23.7 Å². The second kappa shape index (κ2) is 4.87. The Hall–Kier alpha value is -1.45. The number of aldehydes is 1. The van der Waals surface area contributed by atoms with Gasteiger partial charge in [-0.25, -0.2) is 8.78 Å². The molecule has 15 heavy (non-hydrogen) atoms. The van der Waals surface area contributed by atoms with E-state index in [1.807, 2.05) is 0 Å². The molecule has 0 bridgehead atoms. The van der Waals surface area contributed by atoms with Crippen LogP contribution in [0.3, 0.4) is 0 Å². The average molecular weight is 214 g/mol. The van der Waals surface area contributed by atoms with Crippen molar-refractivity contribution in [2.24, 2.45) is 0 Å². The van der Waals surface area contributed by atoms with E-state index in [1.165, 1.54) is 0 Å². The largest absolute Gasteiger partial charge is 0.493 e. The summed E-state index contributed by atoms with van der Waals surface area (Å²) in [6, 6.07) is 6.31. The maximum atomic E-state index is 12.4. The fourth-order valence-corrected chi connectivity index (χ4v) is 0.991. The molecule has 0 aliphatic rings. The van der Waals surface area contributed by atoms with Crippen molar-refractivity contribution >= 4 is 6.29 Å². The molecule has 0 spiro atoms. The highest BCUT2D eigenvalue weighted by Gasteiger charge is 2.20. The number of ether oxygens (including phenoxy) is 1. The van der Waals surface area contributed by atoms with Gasteiger partial charge in [-0.15, -0.1) is 0 Å². The molecule has 0 saturated heterocycles. The minimum atomic E-state index is -2.71. The lowest BCUT2D eigenvalue weighted by molar-refractivity contribution is 0.000863. The highest BCUT2D eigenvalue weighted by molar-refractivity contribution is 5.74. The lowest BCUT2D eigenvalue weighted by atomic mass is 10.2. The van der Waals surface area contributed by atoms with Crippen molar-refractivity contribution in [2.45, 2.75) is 19.3 Å². The summed E-state index contributed by atoms with van der Waals surface area (Å²) in [5.41, 5.74) is 0.531. The highest BCUT2D eigenvalue weighted by Crippen LogP contribution is 2.18. The molecule has 0 aromatic heterocycles. The van der Waals surface area contributed by atoms with Gasteiger partial charge in [0.1, 0.15) is 12.0 Å². The molecule has 0 radical (unpaired) electrons. The number of carbonyl (C=O) groups is 1. The molecule has 0 aliphatic heterocycles. The monoisotopic (exact) mass is 214 g/mol. The van der Waals surface area contributed by atoms with E-state index in [1.54, 1.807) is 24.3 Å². The van der Waals surface area contributed by atoms with Gasteiger partial charge < -0.3 is 4.74 Å². The Labute approximate surface area is 86.9 Å². The Morgan fingerprint density at radius 3 is 2.40 bits per heavy atom. The molecule has 0 fully saturated rings. The van der Waals surface area contributed by atoms with Gasteiger partial charge in [0.25, 0.3) is 0 Å². The molecule has 4 heteroatoms. The van der Waals surface area contributed by atoms with E-state index in [2.05, 4.69) is 0 Å². The number of alkyl halides is 2. The molecule has 0 unspecified atom stereocenters. The number of benzene rings is 1.